The van der Waals surface area contributed by atoms with Crippen molar-refractivity contribution in [3.05, 3.63) is 12.2 Å². The molecule has 1 fully saturated rings. The van der Waals surface area contributed by atoms with E-state index in [1.807, 2.05) is 18.4 Å². The van der Waals surface area contributed by atoms with Crippen LogP contribution in [0.4, 0.5) is 0 Å². The van der Waals surface area contributed by atoms with Crippen LogP contribution < -0.4 is 5.32 Å². The summed E-state index contributed by atoms with van der Waals surface area (Å²) < 4.78 is 1.96. The summed E-state index contributed by atoms with van der Waals surface area (Å²) in [5, 5.41) is 11.1. The molecule has 0 aliphatic carbocycles. The van der Waals surface area contributed by atoms with Gasteiger partial charge in [-0.05, 0) is 52.2 Å². The number of nitrogens with one attached hydrogen (secondary N) is 1. The summed E-state index contributed by atoms with van der Waals surface area (Å²) in [5.74, 6) is 1.47. The van der Waals surface area contributed by atoms with Crippen LogP contribution in [0, 0.1) is 5.92 Å². The Hall–Kier alpha value is -1.43. The maximum Gasteiger partial charge on any atom is 0.220 e. The van der Waals surface area contributed by atoms with Crippen molar-refractivity contribution in [2.45, 2.75) is 52.6 Å². The van der Waals surface area contributed by atoms with Crippen LogP contribution in [0.25, 0.3) is 0 Å². The molecule has 6 nitrogen and oxygen atoms in total. The lowest BCUT2D eigenvalue weighted by Gasteiger charge is -2.30. The van der Waals surface area contributed by atoms with Crippen LogP contribution in [0.2, 0.25) is 0 Å². The number of aromatic nitrogens is 3. The van der Waals surface area contributed by atoms with Crippen molar-refractivity contribution < 1.29 is 4.79 Å². The Morgan fingerprint density at radius 2 is 2.10 bits per heavy atom. The lowest BCUT2D eigenvalue weighted by atomic mass is 9.93. The van der Waals surface area contributed by atoms with E-state index in [2.05, 4.69) is 27.3 Å². The van der Waals surface area contributed by atoms with E-state index in [0.717, 1.165) is 44.8 Å². The van der Waals surface area contributed by atoms with Gasteiger partial charge in [-0.1, -0.05) is 6.92 Å². The highest BCUT2D eigenvalue weighted by molar-refractivity contribution is 5.76. The number of carbonyl (C=O) groups is 1. The molecule has 1 amide bonds. The Balaban J connectivity index is 1.79. The molecule has 1 aliphatic rings. The minimum Gasteiger partial charge on any atom is -0.346 e. The standard InChI is InChI=1S/C15H27N5O/c1-4-19-8-6-13(7-9-19)10-14(21)17-12(3)15-18-16-11-20(15)5-2/h11-13H,4-10H2,1-3H3,(H,17,21). The van der Waals surface area contributed by atoms with E-state index in [0.29, 0.717) is 12.3 Å². The first-order valence-corrected chi connectivity index (χ1v) is 8.03. The summed E-state index contributed by atoms with van der Waals surface area (Å²) in [5.41, 5.74) is 0. The predicted octanol–water partition coefficient (Wildman–Crippen LogP) is 1.60. The number of carbonyl (C=O) groups excluding carboxylic acids is 1. The Bertz CT molecular complexity index is 451. The smallest absolute Gasteiger partial charge is 0.220 e. The fraction of sp³-hybridized carbons (Fsp3) is 0.800. The monoisotopic (exact) mass is 293 g/mol. The second-order valence-corrected chi connectivity index (χ2v) is 5.85. The molecule has 0 aromatic carbocycles. The average Bonchev–Trinajstić information content (AvgIpc) is 2.96. The molecule has 1 aromatic heterocycles. The number of hydrogen-bond donors (Lipinski definition) is 1. The molecule has 2 heterocycles. The molecule has 1 aromatic rings. The topological polar surface area (TPSA) is 63.1 Å². The average molecular weight is 293 g/mol. The second-order valence-electron chi connectivity index (χ2n) is 5.85. The normalized spacial score (nSPS) is 18.6. The first-order valence-electron chi connectivity index (χ1n) is 8.03. The third-order valence-corrected chi connectivity index (χ3v) is 4.38. The summed E-state index contributed by atoms with van der Waals surface area (Å²) in [6.45, 7) is 10.4. The van der Waals surface area contributed by atoms with E-state index < -0.39 is 0 Å². The fourth-order valence-corrected chi connectivity index (χ4v) is 2.98. The van der Waals surface area contributed by atoms with Crippen molar-refractivity contribution in [3.63, 3.8) is 0 Å². The molecule has 1 atom stereocenters. The van der Waals surface area contributed by atoms with Gasteiger partial charge in [-0.3, -0.25) is 4.79 Å². The molecule has 21 heavy (non-hydrogen) atoms. The maximum atomic E-state index is 12.2. The fourth-order valence-electron chi connectivity index (χ4n) is 2.98. The molecule has 0 bridgehead atoms. The summed E-state index contributed by atoms with van der Waals surface area (Å²) in [6.07, 6.45) is 4.59. The van der Waals surface area contributed by atoms with Gasteiger partial charge in [0.25, 0.3) is 0 Å². The quantitative estimate of drug-likeness (QED) is 0.865. The molecule has 0 radical (unpaired) electrons. The van der Waals surface area contributed by atoms with Gasteiger partial charge in [0.15, 0.2) is 5.82 Å². The van der Waals surface area contributed by atoms with Crippen molar-refractivity contribution in [1.82, 2.24) is 25.0 Å². The number of rotatable bonds is 6. The largest absolute Gasteiger partial charge is 0.346 e. The maximum absolute atomic E-state index is 12.2. The Labute approximate surface area is 126 Å². The van der Waals surface area contributed by atoms with Gasteiger partial charge >= 0.3 is 0 Å². The van der Waals surface area contributed by atoms with Crippen LogP contribution >= 0.6 is 0 Å². The number of hydrogen-bond acceptors (Lipinski definition) is 4. The minimum absolute atomic E-state index is 0.0873. The predicted molar refractivity (Wildman–Crippen MR) is 81.7 cm³/mol. The second kappa shape index (κ2) is 7.54. The van der Waals surface area contributed by atoms with Crippen LogP contribution in [0.15, 0.2) is 6.33 Å². The van der Waals surface area contributed by atoms with Gasteiger partial charge in [0, 0.05) is 13.0 Å². The molecule has 2 rings (SSSR count). The van der Waals surface area contributed by atoms with Crippen LogP contribution in [0.3, 0.4) is 0 Å². The Kier molecular flexibility index (Phi) is 5.73. The highest BCUT2D eigenvalue weighted by Crippen LogP contribution is 2.20. The SMILES string of the molecule is CCN1CCC(CC(=O)NC(C)c2nncn2CC)CC1. The number of nitrogens with zero attached hydrogens (tertiary/aromatic N) is 4. The van der Waals surface area contributed by atoms with Crippen LogP contribution in [0.1, 0.15) is 51.9 Å². The summed E-state index contributed by atoms with van der Waals surface area (Å²) in [7, 11) is 0. The van der Waals surface area contributed by atoms with Crippen molar-refractivity contribution in [2.75, 3.05) is 19.6 Å². The molecule has 1 aliphatic heterocycles. The Morgan fingerprint density at radius 3 is 2.71 bits per heavy atom. The van der Waals surface area contributed by atoms with Crippen LogP contribution in [-0.2, 0) is 11.3 Å². The zero-order chi connectivity index (χ0) is 15.2. The minimum atomic E-state index is -0.0873. The summed E-state index contributed by atoms with van der Waals surface area (Å²) in [6, 6.07) is -0.0873. The van der Waals surface area contributed by atoms with E-state index in [1.165, 1.54) is 0 Å². The highest BCUT2D eigenvalue weighted by Gasteiger charge is 2.22. The molecular formula is C15H27N5O. The first kappa shape index (κ1) is 15.9. The lowest BCUT2D eigenvalue weighted by Crippen LogP contribution is -2.36. The first-order chi connectivity index (χ1) is 10.1. The van der Waals surface area contributed by atoms with Gasteiger partial charge in [0.1, 0.15) is 6.33 Å². The molecule has 1 saturated heterocycles. The molecular weight excluding hydrogens is 266 g/mol. The van der Waals surface area contributed by atoms with Crippen molar-refractivity contribution >= 4 is 5.91 Å². The van der Waals surface area contributed by atoms with Crippen molar-refractivity contribution in [3.8, 4) is 0 Å². The summed E-state index contributed by atoms with van der Waals surface area (Å²) >= 11 is 0. The molecule has 0 saturated carbocycles. The number of piperidine rings is 1. The summed E-state index contributed by atoms with van der Waals surface area (Å²) in [4.78, 5) is 14.6. The van der Waals surface area contributed by atoms with Gasteiger partial charge < -0.3 is 14.8 Å². The third-order valence-electron chi connectivity index (χ3n) is 4.38. The number of aryl methyl sites for hydroxylation is 1. The van der Waals surface area contributed by atoms with E-state index in [-0.39, 0.29) is 11.9 Å². The van der Waals surface area contributed by atoms with Gasteiger partial charge in [0.05, 0.1) is 6.04 Å². The third kappa shape index (κ3) is 4.27. The zero-order valence-corrected chi connectivity index (χ0v) is 13.4. The van der Waals surface area contributed by atoms with Crippen molar-refractivity contribution in [2.24, 2.45) is 5.92 Å². The van der Waals surface area contributed by atoms with Crippen molar-refractivity contribution in [1.29, 1.82) is 0 Å². The van der Waals surface area contributed by atoms with Gasteiger partial charge in [-0.2, -0.15) is 0 Å². The Morgan fingerprint density at radius 1 is 1.38 bits per heavy atom. The van der Waals surface area contributed by atoms with E-state index >= 15 is 0 Å². The molecule has 1 unspecified atom stereocenters. The van der Waals surface area contributed by atoms with E-state index in [4.69, 9.17) is 0 Å². The lowest BCUT2D eigenvalue weighted by molar-refractivity contribution is -0.123. The molecule has 6 heteroatoms. The molecule has 1 N–H and O–H groups in total. The molecule has 118 valence electrons. The number of likely N-dealkylation sites (tertiary alicyclic amines) is 1. The van der Waals surface area contributed by atoms with E-state index in [1.54, 1.807) is 6.33 Å². The van der Waals surface area contributed by atoms with Crippen LogP contribution in [0.5, 0.6) is 0 Å². The van der Waals surface area contributed by atoms with Gasteiger partial charge in [0.2, 0.25) is 5.91 Å². The molecule has 0 spiro atoms. The zero-order valence-electron chi connectivity index (χ0n) is 13.4. The number of amides is 1. The van der Waals surface area contributed by atoms with Gasteiger partial charge in [-0.25, -0.2) is 0 Å². The van der Waals surface area contributed by atoms with E-state index in [9.17, 15) is 4.79 Å². The van der Waals surface area contributed by atoms with Crippen LogP contribution in [-0.4, -0.2) is 45.2 Å². The van der Waals surface area contributed by atoms with Gasteiger partial charge in [-0.15, -0.1) is 10.2 Å². The highest BCUT2D eigenvalue weighted by atomic mass is 16.1.